The molecule has 5 nitrogen and oxygen atoms in total. The van der Waals surface area contributed by atoms with E-state index in [9.17, 15) is 9.90 Å². The number of hydrogen-bond acceptors (Lipinski definition) is 6. The average Bonchev–Trinajstić information content (AvgIpc) is 2.73. The van der Waals surface area contributed by atoms with E-state index >= 15 is 0 Å². The van der Waals surface area contributed by atoms with E-state index in [0.29, 0.717) is 26.4 Å². The summed E-state index contributed by atoms with van der Waals surface area (Å²) in [6.45, 7) is 0. The van der Waals surface area contributed by atoms with Crippen LogP contribution >= 0.6 is 11.3 Å². The van der Waals surface area contributed by atoms with Gasteiger partial charge in [-0.3, -0.25) is 0 Å². The lowest BCUT2D eigenvalue weighted by atomic mass is 10.2. The predicted molar refractivity (Wildman–Crippen MR) is 65.8 cm³/mol. The van der Waals surface area contributed by atoms with Gasteiger partial charge in [-0.1, -0.05) is 0 Å². The number of phenolic OH excluding ortho intramolecular Hbond substituents is 1. The SMILES string of the molecule is COC(=O)c1cc2c(O)cc(N)c(OC)c2s1. The summed E-state index contributed by atoms with van der Waals surface area (Å²) in [4.78, 5) is 11.8. The van der Waals surface area contributed by atoms with E-state index in [1.807, 2.05) is 0 Å². The minimum absolute atomic E-state index is 0.0182. The summed E-state index contributed by atoms with van der Waals surface area (Å²) in [5.41, 5.74) is 6.05. The lowest BCUT2D eigenvalue weighted by molar-refractivity contribution is 0.0606. The van der Waals surface area contributed by atoms with Crippen LogP contribution in [0.25, 0.3) is 10.1 Å². The van der Waals surface area contributed by atoms with Gasteiger partial charge in [-0.15, -0.1) is 11.3 Å². The molecule has 0 aliphatic rings. The Morgan fingerprint density at radius 3 is 2.71 bits per heavy atom. The Hall–Kier alpha value is -1.95. The van der Waals surface area contributed by atoms with Gasteiger partial charge < -0.3 is 20.3 Å². The monoisotopic (exact) mass is 253 g/mol. The van der Waals surface area contributed by atoms with Gasteiger partial charge >= 0.3 is 5.97 Å². The maximum Gasteiger partial charge on any atom is 0.348 e. The quantitative estimate of drug-likeness (QED) is 0.631. The fraction of sp³-hybridized carbons (Fsp3) is 0.182. The number of thiophene rings is 1. The van der Waals surface area contributed by atoms with Gasteiger partial charge in [-0.25, -0.2) is 4.79 Å². The number of methoxy groups -OCH3 is 2. The van der Waals surface area contributed by atoms with Gasteiger partial charge in [0.1, 0.15) is 10.6 Å². The van der Waals surface area contributed by atoms with Gasteiger partial charge in [0.25, 0.3) is 0 Å². The number of benzene rings is 1. The zero-order chi connectivity index (χ0) is 12.6. The Morgan fingerprint density at radius 2 is 2.12 bits per heavy atom. The maximum absolute atomic E-state index is 11.4. The smallest absolute Gasteiger partial charge is 0.348 e. The number of esters is 1. The van der Waals surface area contributed by atoms with Crippen LogP contribution < -0.4 is 10.5 Å². The van der Waals surface area contributed by atoms with Gasteiger partial charge in [0.05, 0.1) is 24.6 Å². The Kier molecular flexibility index (Phi) is 2.81. The number of fused-ring (bicyclic) bond motifs is 1. The second kappa shape index (κ2) is 4.14. The molecule has 0 spiro atoms. The van der Waals surface area contributed by atoms with Crippen LogP contribution in [-0.2, 0) is 4.74 Å². The van der Waals surface area contributed by atoms with Crippen LogP contribution in [0, 0.1) is 0 Å². The van der Waals surface area contributed by atoms with Crippen molar-refractivity contribution >= 4 is 33.1 Å². The molecule has 0 aliphatic heterocycles. The minimum atomic E-state index is -0.453. The number of carbonyl (C=O) groups is 1. The summed E-state index contributed by atoms with van der Waals surface area (Å²) in [6.07, 6.45) is 0. The average molecular weight is 253 g/mol. The van der Waals surface area contributed by atoms with E-state index < -0.39 is 5.97 Å². The number of carbonyl (C=O) groups excluding carboxylic acids is 1. The Bertz CT molecular complexity index is 591. The zero-order valence-corrected chi connectivity index (χ0v) is 10.1. The van der Waals surface area contributed by atoms with Gasteiger partial charge in [-0.2, -0.15) is 0 Å². The number of nitrogen functional groups attached to an aromatic ring is 1. The lowest BCUT2D eigenvalue weighted by Crippen LogP contribution is -1.96. The molecule has 0 amide bonds. The highest BCUT2D eigenvalue weighted by Gasteiger charge is 2.17. The van der Waals surface area contributed by atoms with Crippen LogP contribution in [0.15, 0.2) is 12.1 Å². The molecule has 1 aromatic heterocycles. The molecule has 3 N–H and O–H groups in total. The number of aromatic hydroxyl groups is 1. The summed E-state index contributed by atoms with van der Waals surface area (Å²) in [7, 11) is 2.79. The molecule has 90 valence electrons. The minimum Gasteiger partial charge on any atom is -0.507 e. The third kappa shape index (κ3) is 1.76. The molecule has 0 bridgehead atoms. The molecule has 0 radical (unpaired) electrons. The molecule has 2 rings (SSSR count). The van der Waals surface area contributed by atoms with Crippen molar-refractivity contribution in [2.75, 3.05) is 20.0 Å². The van der Waals surface area contributed by atoms with Crippen molar-refractivity contribution in [2.45, 2.75) is 0 Å². The Balaban J connectivity index is 2.75. The first-order valence-corrected chi connectivity index (χ1v) is 5.57. The molecule has 1 aromatic carbocycles. The van der Waals surface area contributed by atoms with Crippen LogP contribution in [0.4, 0.5) is 5.69 Å². The second-order valence-electron chi connectivity index (χ2n) is 3.36. The van der Waals surface area contributed by atoms with E-state index in [4.69, 9.17) is 10.5 Å². The first-order valence-electron chi connectivity index (χ1n) is 4.75. The maximum atomic E-state index is 11.4. The van der Waals surface area contributed by atoms with Gasteiger partial charge in [0, 0.05) is 11.5 Å². The van der Waals surface area contributed by atoms with Gasteiger partial charge in [0.15, 0.2) is 5.75 Å². The standard InChI is InChI=1S/C11H11NO4S/c1-15-9-6(12)4-7(13)5-3-8(11(14)16-2)17-10(5)9/h3-4,13H,12H2,1-2H3. The van der Waals surface area contributed by atoms with Crippen LogP contribution in [-0.4, -0.2) is 25.3 Å². The normalized spacial score (nSPS) is 10.5. The molecule has 0 saturated carbocycles. The zero-order valence-electron chi connectivity index (χ0n) is 9.31. The summed E-state index contributed by atoms with van der Waals surface area (Å²) in [5.74, 6) is 0.0221. The van der Waals surface area contributed by atoms with Crippen molar-refractivity contribution in [2.24, 2.45) is 0 Å². The van der Waals surface area contributed by atoms with Crippen LogP contribution in [0.3, 0.4) is 0 Å². The van der Waals surface area contributed by atoms with Crippen LogP contribution in [0.2, 0.25) is 0 Å². The Labute approximate surface area is 101 Å². The topological polar surface area (TPSA) is 81.8 Å². The number of phenols is 1. The summed E-state index contributed by atoms with van der Waals surface area (Å²) in [6, 6.07) is 2.96. The van der Waals surface area contributed by atoms with E-state index in [-0.39, 0.29) is 5.75 Å². The van der Waals surface area contributed by atoms with Gasteiger partial charge in [-0.05, 0) is 6.07 Å². The van der Waals surface area contributed by atoms with Crippen molar-refractivity contribution < 1.29 is 19.4 Å². The molecule has 2 aromatic rings. The molecule has 0 fully saturated rings. The third-order valence-electron chi connectivity index (χ3n) is 2.36. The number of nitrogens with two attached hydrogens (primary N) is 1. The highest BCUT2D eigenvalue weighted by Crippen LogP contribution is 2.42. The molecule has 0 unspecified atom stereocenters. The molecular weight excluding hydrogens is 242 g/mol. The fourth-order valence-corrected chi connectivity index (χ4v) is 2.71. The Morgan fingerprint density at radius 1 is 1.41 bits per heavy atom. The first kappa shape index (κ1) is 11.5. The number of anilines is 1. The highest BCUT2D eigenvalue weighted by molar-refractivity contribution is 7.21. The van der Waals surface area contributed by atoms with Crippen molar-refractivity contribution in [3.05, 3.63) is 17.0 Å². The first-order chi connectivity index (χ1) is 8.08. The lowest BCUT2D eigenvalue weighted by Gasteiger charge is -2.06. The molecule has 6 heteroatoms. The third-order valence-corrected chi connectivity index (χ3v) is 3.47. The summed E-state index contributed by atoms with van der Waals surface area (Å²) in [5, 5.41) is 10.3. The predicted octanol–water partition coefficient (Wildman–Crippen LogP) is 1.98. The summed E-state index contributed by atoms with van der Waals surface area (Å²) >= 11 is 1.17. The second-order valence-corrected chi connectivity index (χ2v) is 4.42. The molecule has 0 saturated heterocycles. The molecule has 0 atom stereocenters. The molecular formula is C11H11NO4S. The summed E-state index contributed by atoms with van der Waals surface area (Å²) < 4.78 is 10.4. The van der Waals surface area contributed by atoms with E-state index in [2.05, 4.69) is 4.74 Å². The van der Waals surface area contributed by atoms with Crippen molar-refractivity contribution in [1.82, 2.24) is 0 Å². The van der Waals surface area contributed by atoms with Crippen LogP contribution in [0.1, 0.15) is 9.67 Å². The van der Waals surface area contributed by atoms with Crippen molar-refractivity contribution in [1.29, 1.82) is 0 Å². The van der Waals surface area contributed by atoms with E-state index in [0.717, 1.165) is 0 Å². The fourth-order valence-electron chi connectivity index (χ4n) is 1.58. The number of hydrogen-bond donors (Lipinski definition) is 2. The van der Waals surface area contributed by atoms with Gasteiger partial charge in [0.2, 0.25) is 0 Å². The van der Waals surface area contributed by atoms with Crippen molar-refractivity contribution in [3.63, 3.8) is 0 Å². The molecule has 17 heavy (non-hydrogen) atoms. The largest absolute Gasteiger partial charge is 0.507 e. The molecule has 0 aliphatic carbocycles. The number of rotatable bonds is 2. The van der Waals surface area contributed by atoms with E-state index in [1.54, 1.807) is 6.07 Å². The van der Waals surface area contributed by atoms with Crippen molar-refractivity contribution in [3.8, 4) is 11.5 Å². The highest BCUT2D eigenvalue weighted by atomic mass is 32.1. The number of ether oxygens (including phenoxy) is 2. The molecule has 1 heterocycles. The van der Waals surface area contributed by atoms with E-state index in [1.165, 1.54) is 31.6 Å². The van der Waals surface area contributed by atoms with Crippen LogP contribution in [0.5, 0.6) is 11.5 Å².